The van der Waals surface area contributed by atoms with Gasteiger partial charge in [0.15, 0.2) is 5.65 Å². The Morgan fingerprint density at radius 1 is 1.42 bits per heavy atom. The molecule has 2 N–H and O–H groups in total. The number of aromatic nitrogens is 4. The zero-order chi connectivity index (χ0) is 16.9. The molecule has 24 heavy (non-hydrogen) atoms. The standard InChI is InChI=1S/C15H14ClN5O2S/c1-23-10-4-2-3-9(7-10)19-11(22)5-6-24-14-12-13(18-8-17-12)20-15(16)21-14/h2-4,7-8H,5-6H2,1H3,(H,19,22)(H,17,18,20,21). The number of aromatic amines is 1. The van der Waals surface area contributed by atoms with Crippen LogP contribution in [0.25, 0.3) is 11.2 Å². The number of benzene rings is 1. The van der Waals surface area contributed by atoms with Crippen LogP contribution in [-0.4, -0.2) is 38.7 Å². The van der Waals surface area contributed by atoms with Crippen molar-refractivity contribution in [2.75, 3.05) is 18.2 Å². The second-order valence-electron chi connectivity index (χ2n) is 4.78. The number of nitrogens with zero attached hydrogens (tertiary/aromatic N) is 3. The lowest BCUT2D eigenvalue weighted by molar-refractivity contribution is -0.115. The lowest BCUT2D eigenvalue weighted by Gasteiger charge is -2.07. The third kappa shape index (κ3) is 3.95. The Morgan fingerprint density at radius 2 is 2.29 bits per heavy atom. The van der Waals surface area contributed by atoms with Crippen LogP contribution in [-0.2, 0) is 4.79 Å². The van der Waals surface area contributed by atoms with E-state index < -0.39 is 0 Å². The Hall–Kier alpha value is -2.32. The minimum atomic E-state index is -0.0863. The number of carbonyl (C=O) groups excluding carboxylic acids is 1. The summed E-state index contributed by atoms with van der Waals surface area (Å²) < 4.78 is 5.13. The van der Waals surface area contributed by atoms with Crippen LogP contribution < -0.4 is 10.1 Å². The van der Waals surface area contributed by atoms with Crippen LogP contribution in [0.3, 0.4) is 0 Å². The first-order valence-corrected chi connectivity index (χ1v) is 8.45. The maximum atomic E-state index is 12.0. The largest absolute Gasteiger partial charge is 0.497 e. The quantitative estimate of drug-likeness (QED) is 0.397. The van der Waals surface area contributed by atoms with Gasteiger partial charge in [-0.3, -0.25) is 4.79 Å². The molecule has 2 heterocycles. The Morgan fingerprint density at radius 3 is 3.12 bits per heavy atom. The molecule has 0 saturated heterocycles. The summed E-state index contributed by atoms with van der Waals surface area (Å²) in [6.45, 7) is 0. The number of imidazole rings is 1. The van der Waals surface area contributed by atoms with Crippen LogP contribution in [0, 0.1) is 0 Å². The normalized spacial score (nSPS) is 10.8. The van der Waals surface area contributed by atoms with Crippen LogP contribution in [0.15, 0.2) is 35.6 Å². The molecular weight excluding hydrogens is 350 g/mol. The number of halogens is 1. The van der Waals surface area contributed by atoms with Gasteiger partial charge in [-0.1, -0.05) is 6.07 Å². The molecule has 3 rings (SSSR count). The van der Waals surface area contributed by atoms with Gasteiger partial charge in [0.05, 0.1) is 13.4 Å². The van der Waals surface area contributed by atoms with Gasteiger partial charge in [-0.05, 0) is 23.7 Å². The molecule has 0 aliphatic heterocycles. The zero-order valence-corrected chi connectivity index (χ0v) is 14.3. The highest BCUT2D eigenvalue weighted by molar-refractivity contribution is 7.99. The third-order valence-corrected chi connectivity index (χ3v) is 4.29. The average molecular weight is 364 g/mol. The summed E-state index contributed by atoms with van der Waals surface area (Å²) in [5.41, 5.74) is 1.93. The molecule has 0 aliphatic carbocycles. The molecular formula is C15H14ClN5O2S. The molecule has 9 heteroatoms. The summed E-state index contributed by atoms with van der Waals surface area (Å²) in [4.78, 5) is 27.3. The molecule has 0 atom stereocenters. The van der Waals surface area contributed by atoms with E-state index in [0.29, 0.717) is 34.3 Å². The van der Waals surface area contributed by atoms with Gasteiger partial charge in [0.1, 0.15) is 16.3 Å². The first-order chi connectivity index (χ1) is 11.7. The third-order valence-electron chi connectivity index (χ3n) is 3.15. The van der Waals surface area contributed by atoms with Gasteiger partial charge < -0.3 is 15.0 Å². The number of thioether (sulfide) groups is 1. The Balaban J connectivity index is 1.57. The molecule has 1 amide bonds. The van der Waals surface area contributed by atoms with E-state index in [1.165, 1.54) is 18.1 Å². The monoisotopic (exact) mass is 363 g/mol. The number of methoxy groups -OCH3 is 1. The predicted molar refractivity (Wildman–Crippen MR) is 93.7 cm³/mol. The first-order valence-electron chi connectivity index (χ1n) is 7.09. The number of anilines is 1. The number of nitrogens with one attached hydrogen (secondary N) is 2. The van der Waals surface area contributed by atoms with Gasteiger partial charge >= 0.3 is 0 Å². The van der Waals surface area contributed by atoms with Gasteiger partial charge in [-0.25, -0.2) is 9.97 Å². The molecule has 0 aliphatic rings. The van der Waals surface area contributed by atoms with Gasteiger partial charge in [0.25, 0.3) is 0 Å². The zero-order valence-electron chi connectivity index (χ0n) is 12.7. The van der Waals surface area contributed by atoms with Crippen molar-refractivity contribution >= 4 is 46.1 Å². The van der Waals surface area contributed by atoms with E-state index >= 15 is 0 Å². The van der Waals surface area contributed by atoms with E-state index in [9.17, 15) is 4.79 Å². The molecule has 3 aromatic rings. The maximum absolute atomic E-state index is 12.0. The molecule has 7 nitrogen and oxygen atoms in total. The fraction of sp³-hybridized carbons (Fsp3) is 0.200. The van der Waals surface area contributed by atoms with Crippen molar-refractivity contribution in [3.8, 4) is 5.75 Å². The predicted octanol–water partition coefficient (Wildman–Crippen LogP) is 3.14. The van der Waals surface area contributed by atoms with Gasteiger partial charge in [-0.2, -0.15) is 4.98 Å². The molecule has 0 spiro atoms. The van der Waals surface area contributed by atoms with Crippen molar-refractivity contribution in [1.29, 1.82) is 0 Å². The van der Waals surface area contributed by atoms with Crippen LogP contribution in [0.5, 0.6) is 5.75 Å². The number of carbonyl (C=O) groups is 1. The summed E-state index contributed by atoms with van der Waals surface area (Å²) in [5.74, 6) is 1.16. The Bertz CT molecular complexity index is 870. The molecule has 0 bridgehead atoms. The molecule has 1 aromatic carbocycles. The van der Waals surface area contributed by atoms with Crippen molar-refractivity contribution in [2.24, 2.45) is 0 Å². The second kappa shape index (κ2) is 7.50. The Kier molecular flexibility index (Phi) is 5.17. The molecule has 2 aromatic heterocycles. The molecule has 0 unspecified atom stereocenters. The van der Waals surface area contributed by atoms with Gasteiger partial charge in [0, 0.05) is 23.9 Å². The minimum absolute atomic E-state index is 0.0863. The molecule has 0 saturated carbocycles. The van der Waals surface area contributed by atoms with E-state index in [2.05, 4.69) is 25.3 Å². The lowest BCUT2D eigenvalue weighted by Crippen LogP contribution is -2.12. The summed E-state index contributed by atoms with van der Waals surface area (Å²) in [6.07, 6.45) is 1.87. The van der Waals surface area contributed by atoms with Crippen LogP contribution >= 0.6 is 23.4 Å². The fourth-order valence-corrected chi connectivity index (χ4v) is 3.19. The lowest BCUT2D eigenvalue weighted by atomic mass is 10.3. The molecule has 0 fully saturated rings. The van der Waals surface area contributed by atoms with E-state index in [-0.39, 0.29) is 11.2 Å². The van der Waals surface area contributed by atoms with E-state index in [4.69, 9.17) is 16.3 Å². The van der Waals surface area contributed by atoms with Crippen LogP contribution in [0.4, 0.5) is 5.69 Å². The number of hydrogen-bond acceptors (Lipinski definition) is 6. The highest BCUT2D eigenvalue weighted by Gasteiger charge is 2.10. The van der Waals surface area contributed by atoms with Gasteiger partial charge in [0.2, 0.25) is 11.2 Å². The highest BCUT2D eigenvalue weighted by Crippen LogP contribution is 2.25. The fourth-order valence-electron chi connectivity index (χ4n) is 2.05. The highest BCUT2D eigenvalue weighted by atomic mass is 35.5. The molecule has 0 radical (unpaired) electrons. The van der Waals surface area contributed by atoms with E-state index in [0.717, 1.165) is 5.52 Å². The topological polar surface area (TPSA) is 92.8 Å². The smallest absolute Gasteiger partial charge is 0.225 e. The van der Waals surface area contributed by atoms with E-state index in [1.807, 2.05) is 18.2 Å². The van der Waals surface area contributed by atoms with Crippen molar-refractivity contribution in [1.82, 2.24) is 19.9 Å². The number of rotatable bonds is 6. The average Bonchev–Trinajstić information content (AvgIpc) is 3.03. The van der Waals surface area contributed by atoms with Crippen LogP contribution in [0.1, 0.15) is 6.42 Å². The first kappa shape index (κ1) is 16.5. The minimum Gasteiger partial charge on any atom is -0.497 e. The molecule has 124 valence electrons. The SMILES string of the molecule is COc1cccc(NC(=O)CCSc2nc(Cl)nc3nc[nH]c23)c1. The van der Waals surface area contributed by atoms with Crippen molar-refractivity contribution in [3.63, 3.8) is 0 Å². The van der Waals surface area contributed by atoms with Crippen molar-refractivity contribution in [3.05, 3.63) is 35.9 Å². The Labute approximate surface area is 147 Å². The number of amides is 1. The summed E-state index contributed by atoms with van der Waals surface area (Å²) >= 11 is 7.30. The number of fused-ring (bicyclic) bond motifs is 1. The summed E-state index contributed by atoms with van der Waals surface area (Å²) in [7, 11) is 1.58. The van der Waals surface area contributed by atoms with Gasteiger partial charge in [-0.15, -0.1) is 11.8 Å². The van der Waals surface area contributed by atoms with Crippen LogP contribution in [0.2, 0.25) is 5.28 Å². The second-order valence-corrected chi connectivity index (χ2v) is 6.20. The number of H-pyrrole nitrogens is 1. The van der Waals surface area contributed by atoms with Crippen molar-refractivity contribution in [2.45, 2.75) is 11.4 Å². The maximum Gasteiger partial charge on any atom is 0.225 e. The van der Waals surface area contributed by atoms with E-state index in [1.54, 1.807) is 13.2 Å². The summed E-state index contributed by atoms with van der Waals surface area (Å²) in [5, 5.41) is 3.65. The van der Waals surface area contributed by atoms with Crippen molar-refractivity contribution < 1.29 is 9.53 Å². The number of hydrogen-bond donors (Lipinski definition) is 2. The summed E-state index contributed by atoms with van der Waals surface area (Å²) in [6, 6.07) is 7.22. The number of ether oxygens (including phenoxy) is 1.